The number of imidazole rings is 1. The Labute approximate surface area is 100 Å². The van der Waals surface area contributed by atoms with Crippen LogP contribution in [0, 0.1) is 0 Å². The zero-order valence-electron chi connectivity index (χ0n) is 9.55. The fourth-order valence-electron chi connectivity index (χ4n) is 1.53. The van der Waals surface area contributed by atoms with E-state index in [9.17, 15) is 0 Å². The molecule has 0 saturated heterocycles. The molecule has 0 bridgehead atoms. The molecule has 0 radical (unpaired) electrons. The smallest absolute Gasteiger partial charge is 0.121 e. The maximum Gasteiger partial charge on any atom is 0.121 e. The summed E-state index contributed by atoms with van der Waals surface area (Å²) in [6.07, 6.45) is 1.12. The molecule has 1 aromatic heterocycles. The summed E-state index contributed by atoms with van der Waals surface area (Å²) in [6, 6.07) is 6.20. The largest absolute Gasteiger partial charge is 0.341 e. The topological polar surface area (TPSA) is 40.7 Å². The van der Waals surface area contributed by atoms with Crippen molar-refractivity contribution in [1.29, 1.82) is 0 Å². The normalized spacial score (nSPS) is 13.2. The SMILES string of the molecule is CCC(C)NCc1nc2ccc(Cl)cc2[nH]1. The van der Waals surface area contributed by atoms with Crippen LogP contribution in [-0.4, -0.2) is 16.0 Å². The number of H-pyrrole nitrogens is 1. The van der Waals surface area contributed by atoms with E-state index in [1.165, 1.54) is 0 Å². The Hall–Kier alpha value is -1.06. The summed E-state index contributed by atoms with van der Waals surface area (Å²) in [5.41, 5.74) is 1.96. The third kappa shape index (κ3) is 2.54. The molecule has 0 fully saturated rings. The zero-order valence-corrected chi connectivity index (χ0v) is 10.3. The molecule has 1 heterocycles. The number of fused-ring (bicyclic) bond motifs is 1. The minimum absolute atomic E-state index is 0.511. The third-order valence-corrected chi connectivity index (χ3v) is 2.96. The third-order valence-electron chi connectivity index (χ3n) is 2.72. The van der Waals surface area contributed by atoms with Crippen LogP contribution in [0.4, 0.5) is 0 Å². The van der Waals surface area contributed by atoms with E-state index >= 15 is 0 Å². The van der Waals surface area contributed by atoms with Crippen molar-refractivity contribution in [3.8, 4) is 0 Å². The molecule has 1 atom stereocenters. The molecule has 0 aliphatic rings. The molecule has 0 aliphatic heterocycles. The second-order valence-electron chi connectivity index (χ2n) is 4.04. The van der Waals surface area contributed by atoms with Crippen LogP contribution in [0.1, 0.15) is 26.1 Å². The first-order valence-electron chi connectivity index (χ1n) is 5.56. The Morgan fingerprint density at radius 1 is 1.50 bits per heavy atom. The van der Waals surface area contributed by atoms with Gasteiger partial charge in [0.15, 0.2) is 0 Å². The first-order valence-corrected chi connectivity index (χ1v) is 5.94. The van der Waals surface area contributed by atoms with Gasteiger partial charge < -0.3 is 10.3 Å². The quantitative estimate of drug-likeness (QED) is 0.858. The fourth-order valence-corrected chi connectivity index (χ4v) is 1.71. The molecule has 0 aliphatic carbocycles. The highest BCUT2D eigenvalue weighted by Gasteiger charge is 2.04. The van der Waals surface area contributed by atoms with Crippen LogP contribution in [0.2, 0.25) is 5.02 Å². The van der Waals surface area contributed by atoms with Gasteiger partial charge in [0.25, 0.3) is 0 Å². The number of nitrogens with one attached hydrogen (secondary N) is 2. The van der Waals surface area contributed by atoms with Crippen molar-refractivity contribution in [3.05, 3.63) is 29.0 Å². The lowest BCUT2D eigenvalue weighted by molar-refractivity contribution is 0.525. The van der Waals surface area contributed by atoms with Crippen LogP contribution in [-0.2, 0) is 6.54 Å². The number of aromatic nitrogens is 2. The molecule has 2 rings (SSSR count). The highest BCUT2D eigenvalue weighted by Crippen LogP contribution is 2.17. The van der Waals surface area contributed by atoms with Crippen molar-refractivity contribution in [1.82, 2.24) is 15.3 Å². The predicted molar refractivity (Wildman–Crippen MR) is 67.7 cm³/mol. The number of hydrogen-bond donors (Lipinski definition) is 2. The standard InChI is InChI=1S/C12H16ClN3/c1-3-8(2)14-7-12-15-10-5-4-9(13)6-11(10)16-12/h4-6,8,14H,3,7H2,1-2H3,(H,15,16). The molecule has 4 heteroatoms. The van der Waals surface area contributed by atoms with Gasteiger partial charge in [-0.25, -0.2) is 4.98 Å². The summed E-state index contributed by atoms with van der Waals surface area (Å²) in [4.78, 5) is 7.74. The van der Waals surface area contributed by atoms with Crippen LogP contribution in [0.5, 0.6) is 0 Å². The maximum atomic E-state index is 5.91. The first-order chi connectivity index (χ1) is 7.69. The fraction of sp³-hybridized carbons (Fsp3) is 0.417. The molecule has 2 N–H and O–H groups in total. The molecule has 2 aromatic rings. The summed E-state index contributed by atoms with van der Waals surface area (Å²) < 4.78 is 0. The Morgan fingerprint density at radius 3 is 3.06 bits per heavy atom. The zero-order chi connectivity index (χ0) is 11.5. The number of rotatable bonds is 4. The molecular weight excluding hydrogens is 222 g/mol. The van der Waals surface area contributed by atoms with E-state index in [4.69, 9.17) is 11.6 Å². The van der Waals surface area contributed by atoms with Gasteiger partial charge >= 0.3 is 0 Å². The van der Waals surface area contributed by atoms with Crippen LogP contribution in [0.25, 0.3) is 11.0 Å². The minimum atomic E-state index is 0.511. The molecule has 0 spiro atoms. The van der Waals surface area contributed by atoms with E-state index in [1.807, 2.05) is 18.2 Å². The molecular formula is C12H16ClN3. The maximum absolute atomic E-state index is 5.91. The van der Waals surface area contributed by atoms with Crippen molar-refractivity contribution in [3.63, 3.8) is 0 Å². The lowest BCUT2D eigenvalue weighted by Gasteiger charge is -2.08. The first kappa shape index (κ1) is 11.4. The Morgan fingerprint density at radius 2 is 2.31 bits per heavy atom. The van der Waals surface area contributed by atoms with Crippen molar-refractivity contribution >= 4 is 22.6 Å². The van der Waals surface area contributed by atoms with Gasteiger partial charge in [-0.05, 0) is 31.5 Å². The van der Waals surface area contributed by atoms with E-state index in [-0.39, 0.29) is 0 Å². The van der Waals surface area contributed by atoms with E-state index < -0.39 is 0 Å². The van der Waals surface area contributed by atoms with E-state index in [0.29, 0.717) is 6.04 Å². The second-order valence-corrected chi connectivity index (χ2v) is 4.47. The Balaban J connectivity index is 2.13. The van der Waals surface area contributed by atoms with Gasteiger partial charge in [0, 0.05) is 11.1 Å². The van der Waals surface area contributed by atoms with Gasteiger partial charge in [-0.2, -0.15) is 0 Å². The van der Waals surface area contributed by atoms with Gasteiger partial charge in [-0.15, -0.1) is 0 Å². The number of hydrogen-bond acceptors (Lipinski definition) is 2. The summed E-state index contributed by atoms with van der Waals surface area (Å²) in [6.45, 7) is 5.09. The Kier molecular flexibility index (Phi) is 3.46. The van der Waals surface area contributed by atoms with Crippen LogP contribution in [0.15, 0.2) is 18.2 Å². The molecule has 1 unspecified atom stereocenters. The van der Waals surface area contributed by atoms with Gasteiger partial charge in [-0.3, -0.25) is 0 Å². The number of nitrogens with zero attached hydrogens (tertiary/aromatic N) is 1. The number of aromatic amines is 1. The molecule has 0 saturated carbocycles. The summed E-state index contributed by atoms with van der Waals surface area (Å²) in [7, 11) is 0. The molecule has 16 heavy (non-hydrogen) atoms. The number of halogens is 1. The van der Waals surface area contributed by atoms with Crippen molar-refractivity contribution in [2.24, 2.45) is 0 Å². The summed E-state index contributed by atoms with van der Waals surface area (Å²) in [5.74, 6) is 0.956. The summed E-state index contributed by atoms with van der Waals surface area (Å²) in [5, 5.41) is 4.13. The van der Waals surface area contributed by atoms with Gasteiger partial charge in [0.05, 0.1) is 17.6 Å². The number of benzene rings is 1. The lowest BCUT2D eigenvalue weighted by Crippen LogP contribution is -2.24. The highest BCUT2D eigenvalue weighted by atomic mass is 35.5. The van der Waals surface area contributed by atoms with E-state index in [1.54, 1.807) is 0 Å². The van der Waals surface area contributed by atoms with Crippen molar-refractivity contribution in [2.45, 2.75) is 32.9 Å². The Bertz CT molecular complexity index is 478. The average Bonchev–Trinajstić information content (AvgIpc) is 2.67. The highest BCUT2D eigenvalue weighted by molar-refractivity contribution is 6.31. The van der Waals surface area contributed by atoms with E-state index in [2.05, 4.69) is 29.1 Å². The van der Waals surface area contributed by atoms with Gasteiger partial charge in [-0.1, -0.05) is 18.5 Å². The predicted octanol–water partition coefficient (Wildman–Crippen LogP) is 3.10. The molecule has 3 nitrogen and oxygen atoms in total. The lowest BCUT2D eigenvalue weighted by atomic mass is 10.2. The van der Waals surface area contributed by atoms with Crippen molar-refractivity contribution < 1.29 is 0 Å². The van der Waals surface area contributed by atoms with Gasteiger partial charge in [0.1, 0.15) is 5.82 Å². The van der Waals surface area contributed by atoms with Gasteiger partial charge in [0.2, 0.25) is 0 Å². The van der Waals surface area contributed by atoms with Crippen LogP contribution >= 0.6 is 11.6 Å². The van der Waals surface area contributed by atoms with E-state index in [0.717, 1.165) is 34.8 Å². The average molecular weight is 238 g/mol. The second kappa shape index (κ2) is 4.85. The molecule has 86 valence electrons. The molecule has 0 amide bonds. The van der Waals surface area contributed by atoms with Crippen LogP contribution in [0.3, 0.4) is 0 Å². The van der Waals surface area contributed by atoms with Crippen molar-refractivity contribution in [2.75, 3.05) is 0 Å². The summed E-state index contributed by atoms with van der Waals surface area (Å²) >= 11 is 5.91. The monoisotopic (exact) mass is 237 g/mol. The minimum Gasteiger partial charge on any atom is -0.341 e. The molecule has 1 aromatic carbocycles. The van der Waals surface area contributed by atoms with Crippen LogP contribution < -0.4 is 5.32 Å².